The van der Waals surface area contributed by atoms with Gasteiger partial charge in [-0.3, -0.25) is 14.7 Å². The van der Waals surface area contributed by atoms with Crippen molar-refractivity contribution in [3.63, 3.8) is 0 Å². The first-order chi connectivity index (χ1) is 15.1. The van der Waals surface area contributed by atoms with Crippen LogP contribution in [0.4, 0.5) is 0 Å². The zero-order chi connectivity index (χ0) is 21.6. The van der Waals surface area contributed by atoms with E-state index in [1.54, 1.807) is 7.11 Å². The summed E-state index contributed by atoms with van der Waals surface area (Å²) in [5.74, 6) is 0.987. The molecule has 0 radical (unpaired) electrons. The predicted molar refractivity (Wildman–Crippen MR) is 123 cm³/mol. The minimum Gasteiger partial charge on any atom is -0.497 e. The molecule has 0 aliphatic carbocycles. The third-order valence-electron chi connectivity index (χ3n) is 5.88. The molecule has 5 heteroatoms. The first-order valence-electron chi connectivity index (χ1n) is 10.7. The number of carbonyl (C=O) groups is 1. The molecule has 31 heavy (non-hydrogen) atoms. The van der Waals surface area contributed by atoms with Crippen LogP contribution in [-0.4, -0.2) is 54.5 Å². The minimum absolute atomic E-state index is 0.0724. The number of aromatic nitrogens is 1. The number of benzene rings is 2. The average Bonchev–Trinajstić information content (AvgIpc) is 2.94. The van der Waals surface area contributed by atoms with Gasteiger partial charge in [-0.15, -0.1) is 0 Å². The number of carbonyl (C=O) groups excluding carboxylic acids is 1. The van der Waals surface area contributed by atoms with E-state index in [1.807, 2.05) is 54.5 Å². The monoisotopic (exact) mass is 415 g/mol. The van der Waals surface area contributed by atoms with Gasteiger partial charge in [0.15, 0.2) is 0 Å². The van der Waals surface area contributed by atoms with Gasteiger partial charge >= 0.3 is 0 Å². The number of pyridine rings is 1. The van der Waals surface area contributed by atoms with Crippen LogP contribution in [0.2, 0.25) is 0 Å². The number of nitrogens with zero attached hydrogens (tertiary/aromatic N) is 3. The van der Waals surface area contributed by atoms with Crippen LogP contribution in [0, 0.1) is 5.92 Å². The zero-order valence-corrected chi connectivity index (χ0v) is 18.2. The zero-order valence-electron chi connectivity index (χ0n) is 18.2. The van der Waals surface area contributed by atoms with Crippen LogP contribution in [0.5, 0.6) is 5.75 Å². The lowest BCUT2D eigenvalue weighted by molar-refractivity contribution is -0.133. The summed E-state index contributed by atoms with van der Waals surface area (Å²) < 4.78 is 5.37. The Balaban J connectivity index is 1.52. The summed E-state index contributed by atoms with van der Waals surface area (Å²) in [5, 5.41) is 0. The van der Waals surface area contributed by atoms with E-state index in [0.717, 1.165) is 55.2 Å². The van der Waals surface area contributed by atoms with E-state index >= 15 is 0 Å². The number of likely N-dealkylation sites (N-methyl/N-ethyl adjacent to an activating group) is 1. The highest BCUT2D eigenvalue weighted by Gasteiger charge is 2.28. The van der Waals surface area contributed by atoms with E-state index in [-0.39, 0.29) is 11.8 Å². The summed E-state index contributed by atoms with van der Waals surface area (Å²) in [7, 11) is 3.59. The number of ether oxygens (including phenoxy) is 1. The van der Waals surface area contributed by atoms with Gasteiger partial charge in [0.05, 0.1) is 18.7 Å². The van der Waals surface area contributed by atoms with Gasteiger partial charge in [-0.1, -0.05) is 42.5 Å². The van der Waals surface area contributed by atoms with Crippen molar-refractivity contribution in [3.05, 3.63) is 84.2 Å². The summed E-state index contributed by atoms with van der Waals surface area (Å²) in [5.41, 5.74) is 4.46. The fourth-order valence-electron chi connectivity index (χ4n) is 4.18. The molecule has 2 heterocycles. The van der Waals surface area contributed by atoms with Gasteiger partial charge in [0.25, 0.3) is 0 Å². The lowest BCUT2D eigenvalue weighted by atomic mass is 9.94. The van der Waals surface area contributed by atoms with E-state index in [2.05, 4.69) is 40.2 Å². The summed E-state index contributed by atoms with van der Waals surface area (Å²) in [6.45, 7) is 3.11. The van der Waals surface area contributed by atoms with Crippen LogP contribution in [0.25, 0.3) is 11.1 Å². The van der Waals surface area contributed by atoms with Gasteiger partial charge in [0, 0.05) is 39.4 Å². The molecule has 1 aliphatic rings. The smallest absolute Gasteiger partial charge is 0.227 e. The molecule has 0 bridgehead atoms. The van der Waals surface area contributed by atoms with Crippen molar-refractivity contribution >= 4 is 5.91 Å². The van der Waals surface area contributed by atoms with Gasteiger partial charge in [-0.05, 0) is 47.4 Å². The molecular formula is C26H29N3O2. The fourth-order valence-corrected chi connectivity index (χ4v) is 4.18. The van der Waals surface area contributed by atoms with Crippen LogP contribution in [0.3, 0.4) is 0 Å². The van der Waals surface area contributed by atoms with Crippen molar-refractivity contribution in [3.8, 4) is 16.9 Å². The maximum Gasteiger partial charge on any atom is 0.227 e. The highest BCUT2D eigenvalue weighted by Crippen LogP contribution is 2.26. The predicted octanol–water partition coefficient (Wildman–Crippen LogP) is 3.89. The van der Waals surface area contributed by atoms with Crippen molar-refractivity contribution < 1.29 is 9.53 Å². The van der Waals surface area contributed by atoms with E-state index in [0.29, 0.717) is 0 Å². The Morgan fingerprint density at radius 2 is 1.81 bits per heavy atom. The largest absolute Gasteiger partial charge is 0.497 e. The summed E-state index contributed by atoms with van der Waals surface area (Å²) >= 11 is 0. The number of rotatable bonds is 6. The molecule has 0 N–H and O–H groups in total. The first kappa shape index (κ1) is 21.1. The second kappa shape index (κ2) is 9.75. The molecule has 160 valence electrons. The molecule has 1 unspecified atom stereocenters. The molecule has 1 amide bonds. The van der Waals surface area contributed by atoms with Crippen LogP contribution < -0.4 is 4.74 Å². The van der Waals surface area contributed by atoms with Gasteiger partial charge in [0.2, 0.25) is 5.91 Å². The van der Waals surface area contributed by atoms with Crippen molar-refractivity contribution in [1.82, 2.24) is 14.8 Å². The third-order valence-corrected chi connectivity index (χ3v) is 5.88. The average molecular weight is 416 g/mol. The highest BCUT2D eigenvalue weighted by atomic mass is 16.5. The lowest BCUT2D eigenvalue weighted by Crippen LogP contribution is -2.34. The van der Waals surface area contributed by atoms with E-state index in [1.165, 1.54) is 5.56 Å². The molecule has 1 aromatic heterocycles. The molecule has 1 aliphatic heterocycles. The van der Waals surface area contributed by atoms with Crippen molar-refractivity contribution in [1.29, 1.82) is 0 Å². The molecule has 3 aromatic rings. The quantitative estimate of drug-likeness (QED) is 0.613. The molecule has 1 fully saturated rings. The maximum absolute atomic E-state index is 13.1. The molecule has 2 aromatic carbocycles. The second-order valence-electron chi connectivity index (χ2n) is 8.15. The normalized spacial score (nSPS) is 17.4. The summed E-state index contributed by atoms with van der Waals surface area (Å²) in [6.07, 6.45) is 2.55. The molecule has 1 atom stereocenters. The lowest BCUT2D eigenvalue weighted by Gasteiger charge is -2.23. The Morgan fingerprint density at radius 3 is 2.58 bits per heavy atom. The van der Waals surface area contributed by atoms with Crippen LogP contribution >= 0.6 is 0 Å². The molecular weight excluding hydrogens is 386 g/mol. The van der Waals surface area contributed by atoms with Crippen molar-refractivity contribution in [2.75, 3.05) is 33.8 Å². The van der Waals surface area contributed by atoms with Gasteiger partial charge in [0.1, 0.15) is 5.75 Å². The van der Waals surface area contributed by atoms with Crippen LogP contribution in [0.15, 0.2) is 72.9 Å². The van der Waals surface area contributed by atoms with Crippen LogP contribution in [-0.2, 0) is 17.8 Å². The second-order valence-corrected chi connectivity index (χ2v) is 8.15. The maximum atomic E-state index is 13.1. The Kier molecular flexibility index (Phi) is 6.63. The Labute approximate surface area is 184 Å². The topological polar surface area (TPSA) is 45.7 Å². The minimum atomic E-state index is -0.0724. The van der Waals surface area contributed by atoms with E-state index < -0.39 is 0 Å². The number of amides is 1. The van der Waals surface area contributed by atoms with E-state index in [4.69, 9.17) is 4.74 Å². The molecule has 4 rings (SSSR count). The van der Waals surface area contributed by atoms with Crippen LogP contribution in [0.1, 0.15) is 11.3 Å². The number of methoxy groups -OCH3 is 1. The fraction of sp³-hybridized carbons (Fsp3) is 0.308. The number of hydrogen-bond acceptors (Lipinski definition) is 4. The van der Waals surface area contributed by atoms with Gasteiger partial charge in [-0.2, -0.15) is 0 Å². The van der Waals surface area contributed by atoms with Gasteiger partial charge < -0.3 is 9.64 Å². The highest BCUT2D eigenvalue weighted by molar-refractivity contribution is 5.79. The Bertz CT molecular complexity index is 1020. The molecule has 1 saturated heterocycles. The SMILES string of the molecule is COc1cccc(-c2cccc(CC3CN(Cc4ccccn4)CCN(C)C3=O)c2)c1. The van der Waals surface area contributed by atoms with E-state index in [9.17, 15) is 4.79 Å². The number of hydrogen-bond donors (Lipinski definition) is 0. The van der Waals surface area contributed by atoms with Crippen molar-refractivity contribution in [2.45, 2.75) is 13.0 Å². The molecule has 0 saturated carbocycles. The summed E-state index contributed by atoms with van der Waals surface area (Å²) in [6, 6.07) is 22.5. The first-order valence-corrected chi connectivity index (χ1v) is 10.7. The molecule has 0 spiro atoms. The third kappa shape index (κ3) is 5.30. The standard InChI is InChI=1S/C26H29N3O2/c1-28-13-14-29(19-24-10-3-4-12-27-24)18-23(26(28)30)16-20-7-5-8-21(15-20)22-9-6-11-25(17-22)31-2/h3-12,15,17,23H,13-14,16,18-19H2,1-2H3. The Hall–Kier alpha value is -3.18. The Morgan fingerprint density at radius 1 is 1.00 bits per heavy atom. The molecule has 5 nitrogen and oxygen atoms in total. The van der Waals surface area contributed by atoms with Crippen molar-refractivity contribution in [2.24, 2.45) is 5.92 Å². The summed E-state index contributed by atoms with van der Waals surface area (Å²) in [4.78, 5) is 21.7. The van der Waals surface area contributed by atoms with Gasteiger partial charge in [-0.25, -0.2) is 0 Å².